The van der Waals surface area contributed by atoms with E-state index in [1.54, 1.807) is 48.3 Å². The highest BCUT2D eigenvalue weighted by atomic mass is 19.1. The third-order valence-electron chi connectivity index (χ3n) is 5.38. The minimum absolute atomic E-state index is 0.175. The summed E-state index contributed by atoms with van der Waals surface area (Å²) in [6.07, 6.45) is 0. The number of para-hydroxylation sites is 2. The molecule has 7 nitrogen and oxygen atoms in total. The van der Waals surface area contributed by atoms with Gasteiger partial charge in [-0.15, -0.1) is 0 Å². The fourth-order valence-corrected chi connectivity index (χ4v) is 3.71. The van der Waals surface area contributed by atoms with E-state index < -0.39 is 11.1 Å². The number of carbonyl (C=O) groups excluding carboxylic acids is 1. The highest BCUT2D eigenvalue weighted by Crippen LogP contribution is 2.17. The van der Waals surface area contributed by atoms with Gasteiger partial charge in [0, 0.05) is 38.9 Å². The Morgan fingerprint density at radius 3 is 2.17 bits per heavy atom. The molecule has 1 aromatic heterocycles. The summed E-state index contributed by atoms with van der Waals surface area (Å²) in [6.45, 7) is 2.04. The SMILES string of the molecule is Cn1c(=O)c(=O)n(CC(=O)N2CCN(c3ccc(F)cc3)CC2)c2ccccc21. The van der Waals surface area contributed by atoms with Crippen molar-refractivity contribution in [2.45, 2.75) is 6.54 Å². The standard InChI is InChI=1S/C21H21FN4O3/c1-23-17-4-2-3-5-18(17)26(21(29)20(23)28)14-19(27)25-12-10-24(11-13-25)16-8-6-15(22)7-9-16/h2-9H,10-14H2,1H3. The number of carbonyl (C=O) groups is 1. The lowest BCUT2D eigenvalue weighted by Gasteiger charge is -2.36. The van der Waals surface area contributed by atoms with Crippen LogP contribution in [0.1, 0.15) is 0 Å². The van der Waals surface area contributed by atoms with E-state index >= 15 is 0 Å². The highest BCUT2D eigenvalue weighted by Gasteiger charge is 2.23. The topological polar surface area (TPSA) is 67.5 Å². The first kappa shape index (κ1) is 18.9. The summed E-state index contributed by atoms with van der Waals surface area (Å²) in [5.74, 6) is -0.488. The number of hydrogen-bond acceptors (Lipinski definition) is 4. The van der Waals surface area contributed by atoms with Crippen LogP contribution in [0.3, 0.4) is 0 Å². The molecule has 0 unspecified atom stereocenters. The molecule has 0 spiro atoms. The molecule has 4 rings (SSSR count). The molecular weight excluding hydrogens is 375 g/mol. The number of fused-ring (bicyclic) bond motifs is 1. The number of anilines is 1. The molecule has 29 heavy (non-hydrogen) atoms. The molecule has 0 saturated carbocycles. The number of piperazine rings is 1. The van der Waals surface area contributed by atoms with Gasteiger partial charge in [0.1, 0.15) is 12.4 Å². The van der Waals surface area contributed by atoms with E-state index in [4.69, 9.17) is 0 Å². The van der Waals surface area contributed by atoms with Crippen LogP contribution in [0, 0.1) is 5.82 Å². The van der Waals surface area contributed by atoms with Crippen molar-refractivity contribution in [2.75, 3.05) is 31.1 Å². The van der Waals surface area contributed by atoms with Crippen molar-refractivity contribution >= 4 is 22.6 Å². The molecule has 1 aliphatic heterocycles. The average Bonchev–Trinajstić information content (AvgIpc) is 2.75. The maximum absolute atomic E-state index is 13.1. The Bertz CT molecular complexity index is 1180. The molecular formula is C21H21FN4O3. The van der Waals surface area contributed by atoms with E-state index in [9.17, 15) is 18.8 Å². The number of rotatable bonds is 3. The highest BCUT2D eigenvalue weighted by molar-refractivity contribution is 5.80. The van der Waals surface area contributed by atoms with E-state index in [-0.39, 0.29) is 18.3 Å². The predicted molar refractivity (Wildman–Crippen MR) is 109 cm³/mol. The molecule has 0 aliphatic carbocycles. The van der Waals surface area contributed by atoms with Gasteiger partial charge < -0.3 is 14.4 Å². The largest absolute Gasteiger partial charge is 0.368 e. The summed E-state index contributed by atoms with van der Waals surface area (Å²) in [6, 6.07) is 13.3. The minimum atomic E-state index is -0.704. The Morgan fingerprint density at radius 2 is 1.52 bits per heavy atom. The van der Waals surface area contributed by atoms with Gasteiger partial charge in [0.2, 0.25) is 5.91 Å². The summed E-state index contributed by atoms with van der Waals surface area (Å²) < 4.78 is 15.7. The van der Waals surface area contributed by atoms with Crippen molar-refractivity contribution in [3.8, 4) is 0 Å². The number of benzene rings is 2. The average molecular weight is 396 g/mol. The van der Waals surface area contributed by atoms with Crippen LogP contribution >= 0.6 is 0 Å². The smallest absolute Gasteiger partial charge is 0.317 e. The van der Waals surface area contributed by atoms with Crippen molar-refractivity contribution in [1.82, 2.24) is 14.0 Å². The Kier molecular flexibility index (Phi) is 4.92. The molecule has 2 heterocycles. The maximum atomic E-state index is 13.1. The van der Waals surface area contributed by atoms with Gasteiger partial charge in [-0.25, -0.2) is 4.39 Å². The molecule has 1 amide bonds. The van der Waals surface area contributed by atoms with Crippen molar-refractivity contribution in [2.24, 2.45) is 7.05 Å². The van der Waals surface area contributed by atoms with Crippen LogP contribution in [0.25, 0.3) is 11.0 Å². The first-order valence-corrected chi connectivity index (χ1v) is 9.42. The fourth-order valence-electron chi connectivity index (χ4n) is 3.71. The number of hydrogen-bond donors (Lipinski definition) is 0. The zero-order valence-corrected chi connectivity index (χ0v) is 16.0. The van der Waals surface area contributed by atoms with Gasteiger partial charge in [-0.2, -0.15) is 0 Å². The third-order valence-corrected chi connectivity index (χ3v) is 5.38. The van der Waals surface area contributed by atoms with Gasteiger partial charge in [0.05, 0.1) is 11.0 Å². The number of aromatic nitrogens is 2. The molecule has 1 fully saturated rings. The quantitative estimate of drug-likeness (QED) is 0.624. The summed E-state index contributed by atoms with van der Waals surface area (Å²) in [4.78, 5) is 41.4. The molecule has 8 heteroatoms. The van der Waals surface area contributed by atoms with E-state index in [0.29, 0.717) is 37.2 Å². The van der Waals surface area contributed by atoms with Gasteiger partial charge in [-0.05, 0) is 36.4 Å². The Morgan fingerprint density at radius 1 is 0.897 bits per heavy atom. The summed E-state index contributed by atoms with van der Waals surface area (Å²) >= 11 is 0. The monoisotopic (exact) mass is 396 g/mol. The zero-order valence-electron chi connectivity index (χ0n) is 16.0. The van der Waals surface area contributed by atoms with Crippen molar-refractivity contribution in [1.29, 1.82) is 0 Å². The van der Waals surface area contributed by atoms with Crippen LogP contribution in [0.4, 0.5) is 10.1 Å². The van der Waals surface area contributed by atoms with Gasteiger partial charge in [-0.1, -0.05) is 12.1 Å². The van der Waals surface area contributed by atoms with Crippen molar-refractivity contribution in [3.05, 3.63) is 75.1 Å². The van der Waals surface area contributed by atoms with Crippen LogP contribution in [-0.2, 0) is 18.4 Å². The van der Waals surface area contributed by atoms with Gasteiger partial charge >= 0.3 is 11.1 Å². The number of amides is 1. The van der Waals surface area contributed by atoms with Gasteiger partial charge in [-0.3, -0.25) is 19.0 Å². The second-order valence-corrected chi connectivity index (χ2v) is 7.09. The number of nitrogens with zero attached hydrogens (tertiary/aromatic N) is 4. The number of halogens is 1. The van der Waals surface area contributed by atoms with E-state index in [2.05, 4.69) is 4.90 Å². The normalized spacial score (nSPS) is 14.4. The predicted octanol–water partition coefficient (Wildman–Crippen LogP) is 1.19. The molecule has 0 atom stereocenters. The van der Waals surface area contributed by atoms with Crippen LogP contribution < -0.4 is 16.0 Å². The zero-order chi connectivity index (χ0) is 20.5. The summed E-state index contributed by atoms with van der Waals surface area (Å²) in [5, 5.41) is 0. The first-order chi connectivity index (χ1) is 14.0. The van der Waals surface area contributed by atoms with Crippen molar-refractivity contribution < 1.29 is 9.18 Å². The Balaban J connectivity index is 1.52. The minimum Gasteiger partial charge on any atom is -0.368 e. The fraction of sp³-hybridized carbons (Fsp3) is 0.286. The van der Waals surface area contributed by atoms with Crippen LogP contribution in [0.5, 0.6) is 0 Å². The molecule has 0 radical (unpaired) electrons. The maximum Gasteiger partial charge on any atom is 0.317 e. The molecule has 0 bridgehead atoms. The summed E-state index contributed by atoms with van der Waals surface area (Å²) in [5.41, 5.74) is 0.707. The van der Waals surface area contributed by atoms with Crippen LogP contribution in [0.15, 0.2) is 58.1 Å². The van der Waals surface area contributed by atoms with Crippen LogP contribution in [0.2, 0.25) is 0 Å². The first-order valence-electron chi connectivity index (χ1n) is 9.42. The second-order valence-electron chi connectivity index (χ2n) is 7.09. The van der Waals surface area contributed by atoms with E-state index in [1.807, 2.05) is 0 Å². The lowest BCUT2D eigenvalue weighted by atomic mass is 10.2. The molecule has 0 N–H and O–H groups in total. The van der Waals surface area contributed by atoms with Crippen molar-refractivity contribution in [3.63, 3.8) is 0 Å². The van der Waals surface area contributed by atoms with Gasteiger partial charge in [0.15, 0.2) is 0 Å². The third kappa shape index (κ3) is 3.53. The van der Waals surface area contributed by atoms with E-state index in [0.717, 1.165) is 5.69 Å². The molecule has 1 aliphatic rings. The second kappa shape index (κ2) is 7.54. The molecule has 1 saturated heterocycles. The molecule has 150 valence electrons. The molecule has 2 aromatic carbocycles. The lowest BCUT2D eigenvalue weighted by Crippen LogP contribution is -2.51. The van der Waals surface area contributed by atoms with E-state index in [1.165, 1.54) is 21.3 Å². The molecule has 3 aromatic rings. The lowest BCUT2D eigenvalue weighted by molar-refractivity contribution is -0.132. The Hall–Kier alpha value is -3.42. The van der Waals surface area contributed by atoms with Gasteiger partial charge in [0.25, 0.3) is 0 Å². The van der Waals surface area contributed by atoms with Crippen LogP contribution in [-0.4, -0.2) is 46.1 Å². The Labute approximate surface area is 166 Å². The summed E-state index contributed by atoms with van der Waals surface area (Å²) in [7, 11) is 1.55. The number of aryl methyl sites for hydroxylation is 1.